The van der Waals surface area contributed by atoms with Crippen LogP contribution in [0.2, 0.25) is 0 Å². The van der Waals surface area contributed by atoms with Gasteiger partial charge in [-0.05, 0) is 25.3 Å². The summed E-state index contributed by atoms with van der Waals surface area (Å²) in [6.07, 6.45) is 2.02. The first kappa shape index (κ1) is 19.8. The Labute approximate surface area is 147 Å². The van der Waals surface area contributed by atoms with Crippen LogP contribution >= 0.6 is 0 Å². The van der Waals surface area contributed by atoms with E-state index in [0.717, 1.165) is 30.0 Å². The molecule has 2 nitrogen and oxygen atoms in total. The monoisotopic (exact) mass is 322 g/mol. The fourth-order valence-electron chi connectivity index (χ4n) is 2.47. The van der Waals surface area contributed by atoms with E-state index in [1.165, 1.54) is 5.56 Å². The third kappa shape index (κ3) is 5.77. The second kappa shape index (κ2) is 11.3. The molecule has 1 heterocycles. The van der Waals surface area contributed by atoms with E-state index in [1.807, 2.05) is 52.0 Å². The maximum atomic E-state index is 4.90. The Balaban J connectivity index is 0.000000671. The molecule has 1 aliphatic rings. The summed E-state index contributed by atoms with van der Waals surface area (Å²) in [4.78, 5) is 9.58. The molecule has 2 heteroatoms. The summed E-state index contributed by atoms with van der Waals surface area (Å²) in [6.45, 7) is 10.1. The van der Waals surface area contributed by atoms with Gasteiger partial charge in [0.1, 0.15) is 0 Å². The predicted octanol–water partition coefficient (Wildman–Crippen LogP) is 6.48. The summed E-state index contributed by atoms with van der Waals surface area (Å²) in [5.74, 6) is 0.856. The van der Waals surface area contributed by atoms with E-state index in [1.54, 1.807) is 0 Å². The normalized spacial score (nSPS) is 16.3. The van der Waals surface area contributed by atoms with E-state index in [9.17, 15) is 0 Å². The molecule has 0 bridgehead atoms. The van der Waals surface area contributed by atoms with Crippen LogP contribution in [0.1, 0.15) is 64.6 Å². The van der Waals surface area contributed by atoms with Gasteiger partial charge in [-0.25, -0.2) is 4.99 Å². The van der Waals surface area contributed by atoms with Crippen molar-refractivity contribution in [2.75, 3.05) is 0 Å². The summed E-state index contributed by atoms with van der Waals surface area (Å²) < 4.78 is 0. The van der Waals surface area contributed by atoms with Crippen molar-refractivity contribution >= 4 is 11.5 Å². The molecule has 0 fully saturated rings. The Kier molecular flexibility index (Phi) is 9.36. The number of amidine groups is 1. The lowest BCUT2D eigenvalue weighted by atomic mass is 10.0. The van der Waals surface area contributed by atoms with Gasteiger partial charge in [-0.3, -0.25) is 4.99 Å². The summed E-state index contributed by atoms with van der Waals surface area (Å²) in [6, 6.07) is 20.9. The first-order chi connectivity index (χ1) is 11.8. The Morgan fingerprint density at radius 3 is 1.92 bits per heavy atom. The molecule has 0 aliphatic carbocycles. The van der Waals surface area contributed by atoms with Crippen LogP contribution in [0.25, 0.3) is 0 Å². The molecule has 0 radical (unpaired) electrons. The van der Waals surface area contributed by atoms with Crippen molar-refractivity contribution < 1.29 is 0 Å². The Bertz CT molecular complexity index is 628. The van der Waals surface area contributed by atoms with Crippen LogP contribution in [0.4, 0.5) is 0 Å². The van der Waals surface area contributed by atoms with E-state index in [4.69, 9.17) is 4.99 Å². The first-order valence-electron chi connectivity index (χ1n) is 9.05. The van der Waals surface area contributed by atoms with Crippen molar-refractivity contribution in [3.8, 4) is 0 Å². The van der Waals surface area contributed by atoms with Gasteiger partial charge in [0.05, 0.1) is 6.04 Å². The highest BCUT2D eigenvalue weighted by atomic mass is 15.0. The summed E-state index contributed by atoms with van der Waals surface area (Å²) in [7, 11) is 0. The predicted molar refractivity (Wildman–Crippen MR) is 107 cm³/mol. The van der Waals surface area contributed by atoms with Crippen molar-refractivity contribution in [3.05, 3.63) is 71.8 Å². The van der Waals surface area contributed by atoms with Gasteiger partial charge >= 0.3 is 0 Å². The van der Waals surface area contributed by atoms with Gasteiger partial charge in [0.15, 0.2) is 5.84 Å². The number of hydrogen-bond acceptors (Lipinski definition) is 2. The Morgan fingerprint density at radius 2 is 1.33 bits per heavy atom. The lowest BCUT2D eigenvalue weighted by molar-refractivity contribution is 0.680. The van der Waals surface area contributed by atoms with Crippen LogP contribution in [0.15, 0.2) is 70.6 Å². The van der Waals surface area contributed by atoms with Crippen LogP contribution in [0, 0.1) is 0 Å². The molecule has 0 amide bonds. The quantitative estimate of drug-likeness (QED) is 0.604. The van der Waals surface area contributed by atoms with Gasteiger partial charge in [0.2, 0.25) is 0 Å². The molecule has 0 aromatic heterocycles. The van der Waals surface area contributed by atoms with Gasteiger partial charge in [0, 0.05) is 11.3 Å². The van der Waals surface area contributed by atoms with Crippen molar-refractivity contribution in [1.82, 2.24) is 0 Å². The zero-order valence-corrected chi connectivity index (χ0v) is 15.7. The molecule has 3 rings (SSSR count). The fourth-order valence-corrected chi connectivity index (χ4v) is 2.47. The SMILES string of the molecule is CC.CC.CC1=NC(c2ccccc2)=NC(c2ccccc2)CC1. The molecular formula is C22H30N2. The maximum Gasteiger partial charge on any atom is 0.155 e. The third-order valence-corrected chi connectivity index (χ3v) is 3.57. The second-order valence-electron chi connectivity index (χ2n) is 5.13. The molecular weight excluding hydrogens is 292 g/mol. The van der Waals surface area contributed by atoms with E-state index < -0.39 is 0 Å². The summed E-state index contributed by atoms with van der Waals surface area (Å²) in [5.41, 5.74) is 3.52. The van der Waals surface area contributed by atoms with Gasteiger partial charge in [0.25, 0.3) is 0 Å². The van der Waals surface area contributed by atoms with Gasteiger partial charge in [-0.1, -0.05) is 88.4 Å². The van der Waals surface area contributed by atoms with Gasteiger partial charge in [-0.2, -0.15) is 0 Å². The molecule has 1 aliphatic heterocycles. The molecule has 0 spiro atoms. The van der Waals surface area contributed by atoms with Crippen molar-refractivity contribution in [2.24, 2.45) is 9.98 Å². The molecule has 1 atom stereocenters. The van der Waals surface area contributed by atoms with Crippen LogP contribution in [-0.4, -0.2) is 11.5 Å². The minimum Gasteiger partial charge on any atom is -0.258 e. The molecule has 1 unspecified atom stereocenters. The van der Waals surface area contributed by atoms with Crippen molar-refractivity contribution in [2.45, 2.75) is 53.5 Å². The van der Waals surface area contributed by atoms with Crippen LogP contribution in [-0.2, 0) is 0 Å². The Hall–Kier alpha value is -2.22. The zero-order valence-electron chi connectivity index (χ0n) is 15.7. The highest BCUT2D eigenvalue weighted by Crippen LogP contribution is 2.26. The third-order valence-electron chi connectivity index (χ3n) is 3.57. The standard InChI is InChI=1S/C18H18N2.2C2H6/c1-14-12-13-17(15-8-4-2-5-9-15)20-18(19-14)16-10-6-3-7-11-16;2*1-2/h2-11,17H,12-13H2,1H3;2*1-2H3. The van der Waals surface area contributed by atoms with E-state index in [0.29, 0.717) is 0 Å². The van der Waals surface area contributed by atoms with E-state index >= 15 is 0 Å². The van der Waals surface area contributed by atoms with Gasteiger partial charge in [-0.15, -0.1) is 0 Å². The average molecular weight is 322 g/mol. The number of rotatable bonds is 2. The summed E-state index contributed by atoms with van der Waals surface area (Å²) in [5, 5.41) is 0. The topological polar surface area (TPSA) is 24.7 Å². The zero-order chi connectivity index (χ0) is 17.8. The molecule has 0 saturated heterocycles. The first-order valence-corrected chi connectivity index (χ1v) is 9.05. The largest absolute Gasteiger partial charge is 0.258 e. The summed E-state index contributed by atoms with van der Waals surface area (Å²) >= 11 is 0. The van der Waals surface area contributed by atoms with Crippen LogP contribution in [0.3, 0.4) is 0 Å². The molecule has 2 aromatic carbocycles. The highest BCUT2D eigenvalue weighted by Gasteiger charge is 2.16. The molecule has 2 aromatic rings. The van der Waals surface area contributed by atoms with Crippen molar-refractivity contribution in [3.63, 3.8) is 0 Å². The highest BCUT2D eigenvalue weighted by molar-refractivity contribution is 6.07. The number of nitrogens with zero attached hydrogens (tertiary/aromatic N) is 2. The van der Waals surface area contributed by atoms with Crippen LogP contribution in [0.5, 0.6) is 0 Å². The molecule has 128 valence electrons. The minimum absolute atomic E-state index is 0.201. The number of hydrogen-bond donors (Lipinski definition) is 0. The number of aliphatic imine (C=N–C) groups is 2. The lowest BCUT2D eigenvalue weighted by Crippen LogP contribution is -2.01. The maximum absolute atomic E-state index is 4.90. The van der Waals surface area contributed by atoms with Gasteiger partial charge < -0.3 is 0 Å². The molecule has 24 heavy (non-hydrogen) atoms. The van der Waals surface area contributed by atoms with Crippen LogP contribution < -0.4 is 0 Å². The smallest absolute Gasteiger partial charge is 0.155 e. The number of benzene rings is 2. The molecule has 0 N–H and O–H groups in total. The minimum atomic E-state index is 0.201. The van der Waals surface area contributed by atoms with E-state index in [-0.39, 0.29) is 6.04 Å². The second-order valence-corrected chi connectivity index (χ2v) is 5.13. The van der Waals surface area contributed by atoms with Crippen molar-refractivity contribution in [1.29, 1.82) is 0 Å². The average Bonchev–Trinajstić information content (AvgIpc) is 2.88. The lowest BCUT2D eigenvalue weighted by Gasteiger charge is -2.11. The molecule has 0 saturated carbocycles. The fraction of sp³-hybridized carbons (Fsp3) is 0.364. The Morgan fingerprint density at radius 1 is 0.792 bits per heavy atom. The van der Waals surface area contributed by atoms with E-state index in [2.05, 4.69) is 48.3 Å².